The van der Waals surface area contributed by atoms with E-state index in [4.69, 9.17) is 0 Å². The summed E-state index contributed by atoms with van der Waals surface area (Å²) < 4.78 is 2.50. The lowest BCUT2D eigenvalue weighted by Gasteiger charge is -2.32. The molecule has 1 aliphatic rings. The first-order valence-electron chi connectivity index (χ1n) is 9.07. The number of hydrogen-bond donors (Lipinski definition) is 2. The van der Waals surface area contributed by atoms with Gasteiger partial charge in [0, 0.05) is 53.8 Å². The standard InChI is InChI=1S/C19H21BrN6O2/c1-24-6-8-25(9-7-24)18(27)12-26-5-4-17(23-26)22-19(28)16-10-13-2-3-14(20)11-15(13)21-16/h2-5,10-11,21H,6-9,12H2,1H3,(H,22,23,28). The Bertz CT molecular complexity index is 1020. The number of benzene rings is 1. The highest BCUT2D eigenvalue weighted by molar-refractivity contribution is 9.10. The number of fused-ring (bicyclic) bond motifs is 1. The van der Waals surface area contributed by atoms with Crippen molar-refractivity contribution in [3.63, 3.8) is 0 Å². The molecule has 0 atom stereocenters. The number of anilines is 1. The first-order chi connectivity index (χ1) is 13.5. The minimum Gasteiger partial charge on any atom is -0.350 e. The maximum atomic E-state index is 12.5. The predicted molar refractivity (Wildman–Crippen MR) is 110 cm³/mol. The van der Waals surface area contributed by atoms with Crippen LogP contribution < -0.4 is 5.32 Å². The predicted octanol–water partition coefficient (Wildman–Crippen LogP) is 2.15. The van der Waals surface area contributed by atoms with Gasteiger partial charge in [0.25, 0.3) is 5.91 Å². The fraction of sp³-hybridized carbons (Fsp3) is 0.316. The smallest absolute Gasteiger partial charge is 0.273 e. The average molecular weight is 445 g/mol. The molecule has 3 heterocycles. The largest absolute Gasteiger partial charge is 0.350 e. The van der Waals surface area contributed by atoms with E-state index in [-0.39, 0.29) is 18.4 Å². The Balaban J connectivity index is 1.38. The van der Waals surface area contributed by atoms with Crippen molar-refractivity contribution in [2.24, 2.45) is 0 Å². The number of piperazine rings is 1. The van der Waals surface area contributed by atoms with Gasteiger partial charge in [0.05, 0.1) is 0 Å². The molecule has 0 bridgehead atoms. The molecule has 0 spiro atoms. The SMILES string of the molecule is CN1CCN(C(=O)Cn2ccc(NC(=O)c3cc4ccc(Br)cc4[nH]3)n2)CC1. The minimum atomic E-state index is -0.275. The van der Waals surface area contributed by atoms with Crippen molar-refractivity contribution in [2.45, 2.75) is 6.54 Å². The van der Waals surface area contributed by atoms with E-state index in [1.165, 1.54) is 0 Å². The van der Waals surface area contributed by atoms with Crippen LogP contribution >= 0.6 is 15.9 Å². The number of carbonyl (C=O) groups excluding carboxylic acids is 2. The number of rotatable bonds is 4. The van der Waals surface area contributed by atoms with E-state index in [0.29, 0.717) is 11.5 Å². The molecule has 2 amide bonds. The molecule has 3 aromatic rings. The summed E-state index contributed by atoms with van der Waals surface area (Å²) in [6.45, 7) is 3.40. The van der Waals surface area contributed by atoms with Gasteiger partial charge in [-0.2, -0.15) is 5.10 Å². The lowest BCUT2D eigenvalue weighted by Crippen LogP contribution is -2.48. The van der Waals surface area contributed by atoms with E-state index in [9.17, 15) is 9.59 Å². The molecule has 0 aliphatic carbocycles. The third kappa shape index (κ3) is 4.10. The van der Waals surface area contributed by atoms with Crippen molar-refractivity contribution in [2.75, 3.05) is 38.5 Å². The van der Waals surface area contributed by atoms with E-state index in [1.54, 1.807) is 23.0 Å². The molecule has 1 aromatic carbocycles. The summed E-state index contributed by atoms with van der Waals surface area (Å²) in [5, 5.41) is 8.02. The Morgan fingerprint density at radius 3 is 2.75 bits per heavy atom. The lowest BCUT2D eigenvalue weighted by atomic mass is 10.2. The van der Waals surface area contributed by atoms with Crippen LogP contribution in [0.25, 0.3) is 10.9 Å². The van der Waals surface area contributed by atoms with Gasteiger partial charge in [-0.25, -0.2) is 0 Å². The Hall–Kier alpha value is -2.65. The number of carbonyl (C=O) groups is 2. The molecule has 146 valence electrons. The second-order valence-corrected chi connectivity index (χ2v) is 7.87. The van der Waals surface area contributed by atoms with Gasteiger partial charge in [-0.1, -0.05) is 22.0 Å². The van der Waals surface area contributed by atoms with Crippen molar-refractivity contribution in [1.82, 2.24) is 24.6 Å². The highest BCUT2D eigenvalue weighted by atomic mass is 79.9. The second kappa shape index (κ2) is 7.76. The Morgan fingerprint density at radius 2 is 1.96 bits per heavy atom. The number of hydrogen-bond acceptors (Lipinski definition) is 4. The van der Waals surface area contributed by atoms with Crippen molar-refractivity contribution < 1.29 is 9.59 Å². The van der Waals surface area contributed by atoms with E-state index in [0.717, 1.165) is 41.6 Å². The van der Waals surface area contributed by atoms with Crippen molar-refractivity contribution >= 4 is 44.5 Å². The van der Waals surface area contributed by atoms with E-state index in [2.05, 4.69) is 43.3 Å². The molecule has 1 aliphatic heterocycles. The van der Waals surface area contributed by atoms with Gasteiger partial charge >= 0.3 is 0 Å². The van der Waals surface area contributed by atoms with Gasteiger partial charge in [-0.3, -0.25) is 14.3 Å². The molecular weight excluding hydrogens is 424 g/mol. The zero-order valence-corrected chi connectivity index (χ0v) is 17.1. The molecule has 0 radical (unpaired) electrons. The summed E-state index contributed by atoms with van der Waals surface area (Å²) in [7, 11) is 2.05. The van der Waals surface area contributed by atoms with Crippen molar-refractivity contribution in [3.8, 4) is 0 Å². The summed E-state index contributed by atoms with van der Waals surface area (Å²) in [4.78, 5) is 32.1. The molecule has 9 heteroatoms. The number of nitrogens with one attached hydrogen (secondary N) is 2. The molecule has 2 N–H and O–H groups in total. The number of nitrogens with zero attached hydrogens (tertiary/aromatic N) is 4. The van der Waals surface area contributed by atoms with Gasteiger partial charge in [0.2, 0.25) is 5.91 Å². The number of amides is 2. The zero-order chi connectivity index (χ0) is 19.7. The van der Waals surface area contributed by atoms with Crippen LogP contribution in [0.4, 0.5) is 5.82 Å². The van der Waals surface area contributed by atoms with Crippen molar-refractivity contribution in [1.29, 1.82) is 0 Å². The molecule has 0 unspecified atom stereocenters. The third-order valence-corrected chi connectivity index (χ3v) is 5.36. The van der Waals surface area contributed by atoms with Crippen LogP contribution in [0.2, 0.25) is 0 Å². The van der Waals surface area contributed by atoms with Crippen LogP contribution in [0.15, 0.2) is 41.0 Å². The summed E-state index contributed by atoms with van der Waals surface area (Å²) in [5.74, 6) is 0.175. The van der Waals surface area contributed by atoms with Gasteiger partial charge in [0.15, 0.2) is 5.82 Å². The van der Waals surface area contributed by atoms with Gasteiger partial charge < -0.3 is 20.1 Å². The first kappa shape index (κ1) is 18.7. The highest BCUT2D eigenvalue weighted by Crippen LogP contribution is 2.20. The van der Waals surface area contributed by atoms with Crippen molar-refractivity contribution in [3.05, 3.63) is 46.7 Å². The number of H-pyrrole nitrogens is 1. The second-order valence-electron chi connectivity index (χ2n) is 6.95. The Labute approximate surface area is 170 Å². The average Bonchev–Trinajstić information content (AvgIpc) is 3.28. The van der Waals surface area contributed by atoms with E-state index in [1.807, 2.05) is 23.1 Å². The van der Waals surface area contributed by atoms with Gasteiger partial charge in [-0.05, 0) is 25.2 Å². The summed E-state index contributed by atoms with van der Waals surface area (Å²) >= 11 is 3.42. The van der Waals surface area contributed by atoms with Gasteiger partial charge in [-0.15, -0.1) is 0 Å². The number of aromatic amines is 1. The molecule has 28 heavy (non-hydrogen) atoms. The van der Waals surface area contributed by atoms with Crippen LogP contribution in [0.5, 0.6) is 0 Å². The normalized spacial score (nSPS) is 15.1. The summed E-state index contributed by atoms with van der Waals surface area (Å²) in [5.41, 5.74) is 1.33. The fourth-order valence-electron chi connectivity index (χ4n) is 3.22. The maximum absolute atomic E-state index is 12.5. The lowest BCUT2D eigenvalue weighted by molar-refractivity contribution is -0.133. The maximum Gasteiger partial charge on any atom is 0.273 e. The van der Waals surface area contributed by atoms with E-state index >= 15 is 0 Å². The van der Waals surface area contributed by atoms with Crippen LogP contribution in [-0.4, -0.2) is 69.6 Å². The summed E-state index contributed by atoms with van der Waals surface area (Å²) in [6, 6.07) is 9.27. The summed E-state index contributed by atoms with van der Waals surface area (Å²) in [6.07, 6.45) is 1.70. The fourth-order valence-corrected chi connectivity index (χ4v) is 3.58. The zero-order valence-electron chi connectivity index (χ0n) is 15.5. The number of aromatic nitrogens is 3. The van der Waals surface area contributed by atoms with E-state index < -0.39 is 0 Å². The molecule has 1 saturated heterocycles. The molecule has 2 aromatic heterocycles. The molecule has 8 nitrogen and oxygen atoms in total. The molecule has 4 rings (SSSR count). The third-order valence-electron chi connectivity index (χ3n) is 4.86. The Morgan fingerprint density at radius 1 is 1.18 bits per heavy atom. The first-order valence-corrected chi connectivity index (χ1v) is 9.86. The highest BCUT2D eigenvalue weighted by Gasteiger charge is 2.19. The van der Waals surface area contributed by atoms with Gasteiger partial charge in [0.1, 0.15) is 12.2 Å². The molecular formula is C19H21BrN6O2. The Kier molecular flexibility index (Phi) is 5.19. The monoisotopic (exact) mass is 444 g/mol. The van der Waals surface area contributed by atoms with Crippen LogP contribution in [0, 0.1) is 0 Å². The topological polar surface area (TPSA) is 86.3 Å². The number of halogens is 1. The quantitative estimate of drug-likeness (QED) is 0.645. The van der Waals surface area contributed by atoms with Crippen LogP contribution in [-0.2, 0) is 11.3 Å². The molecule has 1 fully saturated rings. The van der Waals surface area contributed by atoms with Crippen LogP contribution in [0.3, 0.4) is 0 Å². The van der Waals surface area contributed by atoms with Crippen LogP contribution in [0.1, 0.15) is 10.5 Å². The number of likely N-dealkylation sites (N-methyl/N-ethyl adjacent to an activating group) is 1. The minimum absolute atomic E-state index is 0.0373. The molecule has 0 saturated carbocycles.